The van der Waals surface area contributed by atoms with E-state index in [1.165, 1.54) is 24.3 Å². The molecule has 2 aromatic carbocycles. The molecule has 21 heavy (non-hydrogen) atoms. The normalized spacial score (nSPS) is 12.2. The maximum Gasteiger partial charge on any atom is 0.127 e. The molecule has 0 aromatic heterocycles. The van der Waals surface area contributed by atoms with Crippen LogP contribution in [0.2, 0.25) is 0 Å². The van der Waals surface area contributed by atoms with Crippen LogP contribution in [0.25, 0.3) is 0 Å². The highest BCUT2D eigenvalue weighted by atomic mass is 79.9. The minimum absolute atomic E-state index is 0.0391. The van der Waals surface area contributed by atoms with E-state index in [2.05, 4.69) is 21.2 Å². The molecule has 0 spiro atoms. The van der Waals surface area contributed by atoms with Gasteiger partial charge in [-0.25, -0.2) is 8.78 Å². The van der Waals surface area contributed by atoms with Gasteiger partial charge in [-0.1, -0.05) is 28.1 Å². The van der Waals surface area contributed by atoms with Crippen LogP contribution in [0.5, 0.6) is 5.75 Å². The first-order chi connectivity index (χ1) is 10.0. The van der Waals surface area contributed by atoms with E-state index in [1.807, 2.05) is 14.0 Å². The van der Waals surface area contributed by atoms with E-state index in [0.717, 1.165) is 11.1 Å². The first-order valence-corrected chi connectivity index (χ1v) is 7.34. The number of rotatable bonds is 5. The van der Waals surface area contributed by atoms with Gasteiger partial charge in [-0.15, -0.1) is 0 Å². The van der Waals surface area contributed by atoms with Crippen LogP contribution in [0.1, 0.15) is 24.1 Å². The highest BCUT2D eigenvalue weighted by Crippen LogP contribution is 2.28. The van der Waals surface area contributed by atoms with Crippen molar-refractivity contribution in [2.24, 2.45) is 0 Å². The lowest BCUT2D eigenvalue weighted by Crippen LogP contribution is -2.14. The number of hydrogen-bond donors (Lipinski definition) is 1. The van der Waals surface area contributed by atoms with Crippen molar-refractivity contribution in [3.8, 4) is 5.75 Å². The van der Waals surface area contributed by atoms with Crippen molar-refractivity contribution in [3.63, 3.8) is 0 Å². The summed E-state index contributed by atoms with van der Waals surface area (Å²) >= 11 is 3.29. The summed E-state index contributed by atoms with van der Waals surface area (Å²) in [5.41, 5.74) is 1.67. The average Bonchev–Trinajstić information content (AvgIpc) is 2.45. The Bertz CT molecular complexity index is 634. The zero-order valence-electron chi connectivity index (χ0n) is 11.8. The average molecular weight is 356 g/mol. The molecular formula is C16H16BrF2NO. The van der Waals surface area contributed by atoms with Crippen LogP contribution in [0, 0.1) is 11.6 Å². The Morgan fingerprint density at radius 2 is 1.81 bits per heavy atom. The second kappa shape index (κ2) is 7.00. The third-order valence-electron chi connectivity index (χ3n) is 3.27. The fourth-order valence-electron chi connectivity index (χ4n) is 1.94. The second-order valence-electron chi connectivity index (χ2n) is 4.72. The van der Waals surface area contributed by atoms with Crippen molar-refractivity contribution in [3.05, 3.63) is 63.6 Å². The molecule has 1 N–H and O–H groups in total. The van der Waals surface area contributed by atoms with Crippen LogP contribution in [-0.4, -0.2) is 7.05 Å². The molecule has 2 rings (SSSR count). The molecule has 0 aliphatic rings. The van der Waals surface area contributed by atoms with Crippen molar-refractivity contribution in [2.45, 2.75) is 19.6 Å². The van der Waals surface area contributed by atoms with E-state index in [1.54, 1.807) is 12.1 Å². The molecule has 112 valence electrons. The predicted molar refractivity (Wildman–Crippen MR) is 82.3 cm³/mol. The minimum Gasteiger partial charge on any atom is -0.488 e. The molecule has 1 unspecified atom stereocenters. The number of nitrogens with one attached hydrogen (secondary N) is 1. The van der Waals surface area contributed by atoms with Crippen LogP contribution in [-0.2, 0) is 6.61 Å². The first-order valence-electron chi connectivity index (χ1n) is 6.54. The lowest BCUT2D eigenvalue weighted by atomic mass is 10.1. The van der Waals surface area contributed by atoms with Crippen molar-refractivity contribution < 1.29 is 13.5 Å². The molecule has 0 radical (unpaired) electrons. The summed E-state index contributed by atoms with van der Waals surface area (Å²) in [6.07, 6.45) is 0. The van der Waals surface area contributed by atoms with Gasteiger partial charge in [0.05, 0.1) is 0 Å². The first kappa shape index (κ1) is 15.9. The Hall–Kier alpha value is -1.46. The molecule has 0 amide bonds. The third kappa shape index (κ3) is 4.02. The molecule has 0 aliphatic heterocycles. The van der Waals surface area contributed by atoms with Crippen LogP contribution in [0.4, 0.5) is 8.78 Å². The molecule has 0 fully saturated rings. The monoisotopic (exact) mass is 355 g/mol. The number of ether oxygens (including phenoxy) is 1. The Balaban J connectivity index is 2.21. The van der Waals surface area contributed by atoms with Crippen LogP contribution in [0.15, 0.2) is 40.9 Å². The second-order valence-corrected chi connectivity index (χ2v) is 5.57. The quantitative estimate of drug-likeness (QED) is 0.846. The molecule has 2 aromatic rings. The van der Waals surface area contributed by atoms with Crippen molar-refractivity contribution >= 4 is 15.9 Å². The van der Waals surface area contributed by atoms with Crippen molar-refractivity contribution in [1.29, 1.82) is 0 Å². The van der Waals surface area contributed by atoms with Gasteiger partial charge in [0.15, 0.2) is 0 Å². The van der Waals surface area contributed by atoms with Gasteiger partial charge in [0.25, 0.3) is 0 Å². The molecule has 1 atom stereocenters. The summed E-state index contributed by atoms with van der Waals surface area (Å²) < 4.78 is 32.8. The Kier molecular flexibility index (Phi) is 5.31. The summed E-state index contributed by atoms with van der Waals surface area (Å²) in [5.74, 6) is -0.191. The maximum atomic E-state index is 13.4. The lowest BCUT2D eigenvalue weighted by molar-refractivity contribution is 0.297. The molecule has 2 nitrogen and oxygen atoms in total. The molecule has 0 saturated heterocycles. The number of hydrogen-bond acceptors (Lipinski definition) is 2. The van der Waals surface area contributed by atoms with Gasteiger partial charge in [0.2, 0.25) is 0 Å². The van der Waals surface area contributed by atoms with Gasteiger partial charge in [0, 0.05) is 27.7 Å². The van der Waals surface area contributed by atoms with Gasteiger partial charge in [-0.2, -0.15) is 0 Å². The van der Waals surface area contributed by atoms with Crippen LogP contribution < -0.4 is 10.1 Å². The summed E-state index contributed by atoms with van der Waals surface area (Å²) in [7, 11) is 1.83. The Morgan fingerprint density at radius 3 is 2.48 bits per heavy atom. The highest BCUT2D eigenvalue weighted by Gasteiger charge is 2.12. The fourth-order valence-corrected chi connectivity index (χ4v) is 2.41. The van der Waals surface area contributed by atoms with Crippen LogP contribution in [0.3, 0.4) is 0 Å². The van der Waals surface area contributed by atoms with E-state index < -0.39 is 0 Å². The van der Waals surface area contributed by atoms with Gasteiger partial charge in [0.1, 0.15) is 24.0 Å². The van der Waals surface area contributed by atoms with Gasteiger partial charge < -0.3 is 10.1 Å². The molecule has 0 bridgehead atoms. The maximum absolute atomic E-state index is 13.4. The highest BCUT2D eigenvalue weighted by molar-refractivity contribution is 9.10. The standard InChI is InChI=1S/C16H16BrF2NO/c1-10(20-2)14-6-5-13(19)8-16(14)21-9-11-3-4-12(18)7-15(11)17/h3-8,10,20H,9H2,1-2H3. The van der Waals surface area contributed by atoms with Crippen molar-refractivity contribution in [2.75, 3.05) is 7.05 Å². The predicted octanol–water partition coefficient (Wildman–Crippen LogP) is 4.59. The molecule has 0 heterocycles. The summed E-state index contributed by atoms with van der Waals surface area (Å²) in [5, 5.41) is 3.10. The van der Waals surface area contributed by atoms with E-state index in [0.29, 0.717) is 10.2 Å². The van der Waals surface area contributed by atoms with E-state index in [9.17, 15) is 8.78 Å². The topological polar surface area (TPSA) is 21.3 Å². The van der Waals surface area contributed by atoms with Gasteiger partial charge in [-0.05, 0) is 32.2 Å². The summed E-state index contributed by atoms with van der Waals surface area (Å²) in [6.45, 7) is 2.20. The Labute approximate surface area is 131 Å². The molecule has 5 heteroatoms. The zero-order chi connectivity index (χ0) is 15.4. The third-order valence-corrected chi connectivity index (χ3v) is 4.01. The van der Waals surface area contributed by atoms with Crippen LogP contribution >= 0.6 is 15.9 Å². The van der Waals surface area contributed by atoms with E-state index in [4.69, 9.17) is 4.74 Å². The molecule has 0 aliphatic carbocycles. The zero-order valence-corrected chi connectivity index (χ0v) is 13.4. The molecular weight excluding hydrogens is 340 g/mol. The lowest BCUT2D eigenvalue weighted by Gasteiger charge is -2.17. The van der Waals surface area contributed by atoms with E-state index in [-0.39, 0.29) is 24.3 Å². The summed E-state index contributed by atoms with van der Waals surface area (Å²) in [4.78, 5) is 0. The van der Waals surface area contributed by atoms with Crippen molar-refractivity contribution in [1.82, 2.24) is 5.32 Å². The smallest absolute Gasteiger partial charge is 0.127 e. The minimum atomic E-state index is -0.352. The summed E-state index contributed by atoms with van der Waals surface area (Å²) in [6, 6.07) is 8.89. The SMILES string of the molecule is CNC(C)c1ccc(F)cc1OCc1ccc(F)cc1Br. The Morgan fingerprint density at radius 1 is 1.14 bits per heavy atom. The number of benzene rings is 2. The molecule has 0 saturated carbocycles. The van der Waals surface area contributed by atoms with Gasteiger partial charge in [-0.3, -0.25) is 0 Å². The van der Waals surface area contributed by atoms with E-state index >= 15 is 0 Å². The van der Waals surface area contributed by atoms with Gasteiger partial charge >= 0.3 is 0 Å². The fraction of sp³-hybridized carbons (Fsp3) is 0.250. The largest absolute Gasteiger partial charge is 0.488 e. The number of halogens is 3.